The molecule has 2 atom stereocenters. The molecular formula is C5H11NNaO3PS. The second-order valence-corrected chi connectivity index (χ2v) is 6.25. The first-order valence-electron chi connectivity index (χ1n) is 3.50. The summed E-state index contributed by atoms with van der Waals surface area (Å²) in [6.45, 7) is -3.13. The Morgan fingerprint density at radius 2 is 2.42 bits per heavy atom. The zero-order valence-electron chi connectivity index (χ0n) is 7.02. The quantitative estimate of drug-likeness (QED) is 0.389. The molecule has 1 fully saturated rings. The molecule has 0 aromatic heterocycles. The van der Waals surface area contributed by atoms with Crippen molar-refractivity contribution in [3.05, 3.63) is 0 Å². The first-order valence-corrected chi connectivity index (χ1v) is 6.66. The molecule has 0 bridgehead atoms. The Morgan fingerprint density at radius 3 is 2.83 bits per heavy atom. The molecule has 0 amide bonds. The molecule has 1 aliphatic heterocycles. The first-order chi connectivity index (χ1) is 5.08. The van der Waals surface area contributed by atoms with E-state index in [0.717, 1.165) is 19.4 Å². The monoisotopic (exact) mass is 219 g/mol. The van der Waals surface area contributed by atoms with E-state index >= 15 is 0 Å². The van der Waals surface area contributed by atoms with Gasteiger partial charge < -0.3 is 15.1 Å². The van der Waals surface area contributed by atoms with Gasteiger partial charge >= 0.3 is 29.6 Å². The second kappa shape index (κ2) is 6.04. The molecule has 4 nitrogen and oxygen atoms in total. The van der Waals surface area contributed by atoms with Crippen molar-refractivity contribution in [3.63, 3.8) is 0 Å². The molecule has 0 aliphatic carbocycles. The maximum absolute atomic E-state index is 10.3. The smallest absolute Gasteiger partial charge is 0.770 e. The average Bonchev–Trinajstić information content (AvgIpc) is 2.32. The van der Waals surface area contributed by atoms with Crippen molar-refractivity contribution in [1.82, 2.24) is 5.32 Å². The standard InChI is InChI=1S/C5H12NO3PS.Na/c7-10(8,9)11-4-5-2-1-3-6-5;/h5-6H,1-4H2,(H2,7,8,9);/q;+1/p-1. The summed E-state index contributed by atoms with van der Waals surface area (Å²) in [6.07, 6.45) is 2.10. The predicted molar refractivity (Wildman–Crippen MR) is 43.3 cm³/mol. The van der Waals surface area contributed by atoms with E-state index in [1.54, 1.807) is 0 Å². The fraction of sp³-hybridized carbons (Fsp3) is 1.00. The van der Waals surface area contributed by atoms with Crippen LogP contribution in [0, 0.1) is 0 Å². The summed E-state index contributed by atoms with van der Waals surface area (Å²) in [5.41, 5.74) is 0. The number of nitrogens with one attached hydrogen (secondary N) is 1. The third-order valence-corrected chi connectivity index (χ3v) is 3.91. The summed E-state index contributed by atoms with van der Waals surface area (Å²) in [6, 6.07) is 0.259. The van der Waals surface area contributed by atoms with Gasteiger partial charge in [-0.2, -0.15) is 0 Å². The summed E-state index contributed by atoms with van der Waals surface area (Å²) in [7, 11) is 0. The van der Waals surface area contributed by atoms with E-state index in [1.165, 1.54) is 0 Å². The van der Waals surface area contributed by atoms with Crippen LogP contribution in [0.1, 0.15) is 12.8 Å². The van der Waals surface area contributed by atoms with Gasteiger partial charge in [0.05, 0.1) is 0 Å². The minimum absolute atomic E-state index is 0. The van der Waals surface area contributed by atoms with Crippen LogP contribution < -0.4 is 39.8 Å². The van der Waals surface area contributed by atoms with E-state index in [0.29, 0.717) is 17.1 Å². The molecule has 1 heterocycles. The van der Waals surface area contributed by atoms with Crippen molar-refractivity contribution < 1.29 is 43.9 Å². The van der Waals surface area contributed by atoms with Gasteiger partial charge in [0.15, 0.2) is 6.80 Å². The van der Waals surface area contributed by atoms with Crippen molar-refractivity contribution in [1.29, 1.82) is 0 Å². The second-order valence-electron chi connectivity index (χ2n) is 2.56. The summed E-state index contributed by atoms with van der Waals surface area (Å²) in [4.78, 5) is 18.7. The third kappa shape index (κ3) is 6.00. The van der Waals surface area contributed by atoms with Gasteiger partial charge in [0.1, 0.15) is 0 Å². The van der Waals surface area contributed by atoms with E-state index in [-0.39, 0.29) is 35.6 Å². The van der Waals surface area contributed by atoms with Gasteiger partial charge in [0.2, 0.25) is 0 Å². The van der Waals surface area contributed by atoms with Crippen molar-refractivity contribution in [2.75, 3.05) is 12.3 Å². The van der Waals surface area contributed by atoms with Crippen LogP contribution in [-0.4, -0.2) is 23.2 Å². The fourth-order valence-corrected chi connectivity index (χ4v) is 2.84. The maximum Gasteiger partial charge on any atom is 1.00 e. The molecule has 0 spiro atoms. The Bertz CT molecular complexity index is 170. The molecule has 2 unspecified atom stereocenters. The molecule has 0 aromatic rings. The minimum atomic E-state index is -4.09. The molecule has 1 saturated heterocycles. The van der Waals surface area contributed by atoms with Crippen LogP contribution in [0.4, 0.5) is 0 Å². The number of hydrogen-bond donors (Lipinski definition) is 2. The van der Waals surface area contributed by atoms with Crippen molar-refractivity contribution in [2.24, 2.45) is 0 Å². The topological polar surface area (TPSA) is 72.4 Å². The van der Waals surface area contributed by atoms with E-state index in [9.17, 15) is 9.46 Å². The van der Waals surface area contributed by atoms with Gasteiger partial charge in [-0.25, -0.2) is 0 Å². The number of hydrogen-bond acceptors (Lipinski definition) is 4. The largest absolute Gasteiger partial charge is 1.00 e. The summed E-state index contributed by atoms with van der Waals surface area (Å²) >= 11 is 0.624. The molecule has 0 radical (unpaired) electrons. The van der Waals surface area contributed by atoms with Crippen LogP contribution in [0.3, 0.4) is 0 Å². The molecule has 1 rings (SSSR count). The van der Waals surface area contributed by atoms with Crippen molar-refractivity contribution in [3.8, 4) is 0 Å². The zero-order valence-corrected chi connectivity index (χ0v) is 10.7. The summed E-state index contributed by atoms with van der Waals surface area (Å²) in [5.74, 6) is 0.456. The van der Waals surface area contributed by atoms with E-state index in [2.05, 4.69) is 5.32 Å². The van der Waals surface area contributed by atoms with Gasteiger partial charge in [0.25, 0.3) is 0 Å². The predicted octanol–water partition coefficient (Wildman–Crippen LogP) is -3.06. The summed E-state index contributed by atoms with van der Waals surface area (Å²) in [5, 5.41) is 3.14. The fourth-order valence-electron chi connectivity index (χ4n) is 1.08. The Hall–Kier alpha value is 1.46. The first kappa shape index (κ1) is 13.5. The molecule has 7 heteroatoms. The van der Waals surface area contributed by atoms with Gasteiger partial charge in [-0.05, 0) is 19.4 Å². The minimum Gasteiger partial charge on any atom is -0.770 e. The van der Waals surface area contributed by atoms with Crippen LogP contribution in [0.15, 0.2) is 0 Å². The molecular weight excluding hydrogens is 208 g/mol. The van der Waals surface area contributed by atoms with Crippen molar-refractivity contribution in [2.45, 2.75) is 18.9 Å². The summed E-state index contributed by atoms with van der Waals surface area (Å²) < 4.78 is 10.3. The van der Waals surface area contributed by atoms with Crippen LogP contribution in [0.2, 0.25) is 0 Å². The van der Waals surface area contributed by atoms with Gasteiger partial charge in [-0.15, -0.1) is 0 Å². The maximum atomic E-state index is 10.3. The van der Waals surface area contributed by atoms with Gasteiger partial charge in [-0.3, -0.25) is 4.57 Å². The number of rotatable bonds is 3. The Labute approximate surface area is 98.1 Å². The zero-order chi connectivity index (χ0) is 8.32. The molecule has 0 saturated carbocycles. The average molecular weight is 219 g/mol. The van der Waals surface area contributed by atoms with Crippen LogP contribution in [0.25, 0.3) is 0 Å². The Kier molecular flexibility index (Phi) is 6.77. The van der Waals surface area contributed by atoms with Crippen LogP contribution in [-0.2, 0) is 4.57 Å². The Balaban J connectivity index is 0.00000121. The van der Waals surface area contributed by atoms with Gasteiger partial charge in [0, 0.05) is 11.8 Å². The van der Waals surface area contributed by atoms with Crippen molar-refractivity contribution >= 4 is 18.2 Å². The molecule has 12 heavy (non-hydrogen) atoms. The van der Waals surface area contributed by atoms with E-state index < -0.39 is 6.80 Å². The molecule has 0 aromatic carbocycles. The molecule has 66 valence electrons. The SMILES string of the molecule is O=P([O-])(O)SCC1CCCN1.[Na+]. The van der Waals surface area contributed by atoms with Crippen LogP contribution >= 0.6 is 18.2 Å². The Morgan fingerprint density at radius 1 is 1.75 bits per heavy atom. The normalized spacial score (nSPS) is 27.7. The molecule has 2 N–H and O–H groups in total. The molecule has 1 aliphatic rings. The van der Waals surface area contributed by atoms with Crippen LogP contribution in [0.5, 0.6) is 0 Å². The van der Waals surface area contributed by atoms with E-state index in [4.69, 9.17) is 4.89 Å². The third-order valence-electron chi connectivity index (χ3n) is 1.60. The van der Waals surface area contributed by atoms with Gasteiger partial charge in [-0.1, -0.05) is 11.4 Å². The van der Waals surface area contributed by atoms with E-state index in [1.807, 2.05) is 0 Å².